The number of phosphoric acid groups is 1. The van der Waals surface area contributed by atoms with Gasteiger partial charge in [-0.05, 0) is 0 Å². The predicted octanol–water partition coefficient (Wildman–Crippen LogP) is 1.36. The van der Waals surface area contributed by atoms with Gasteiger partial charge < -0.3 is 4.74 Å². The molecule has 0 aromatic carbocycles. The average molecular weight is 250 g/mol. The Hall–Kier alpha value is -0.420. The molecule has 92 valence electrons. The van der Waals surface area contributed by atoms with Gasteiger partial charge in [0.05, 0.1) is 31.2 Å². The molecule has 3 saturated heterocycles. The summed E-state index contributed by atoms with van der Waals surface area (Å²) in [4.78, 5) is 11.3. The molecule has 0 radical (unpaired) electrons. The third-order valence-electron chi connectivity index (χ3n) is 2.58. The topological polar surface area (TPSA) is 71.1 Å². The lowest BCUT2D eigenvalue weighted by molar-refractivity contribution is -0.163. The smallest absolute Gasteiger partial charge is 0.465 e. The van der Waals surface area contributed by atoms with E-state index in [0.717, 1.165) is 0 Å². The molecule has 7 heteroatoms. The van der Waals surface area contributed by atoms with Crippen LogP contribution in [0.1, 0.15) is 13.8 Å². The first-order valence-corrected chi connectivity index (χ1v) is 6.61. The first-order valence-electron chi connectivity index (χ1n) is 5.15. The Morgan fingerprint density at radius 3 is 2.25 bits per heavy atom. The molecule has 0 N–H and O–H groups in total. The quantitative estimate of drug-likeness (QED) is 0.556. The molecule has 0 spiro atoms. The van der Waals surface area contributed by atoms with E-state index in [1.54, 1.807) is 13.8 Å². The molecule has 0 unspecified atom stereocenters. The summed E-state index contributed by atoms with van der Waals surface area (Å²) in [5, 5.41) is 0. The molecule has 2 bridgehead atoms. The van der Waals surface area contributed by atoms with Gasteiger partial charge >= 0.3 is 13.8 Å². The summed E-state index contributed by atoms with van der Waals surface area (Å²) < 4.78 is 31.5. The minimum absolute atomic E-state index is 0.169. The lowest BCUT2D eigenvalue weighted by Gasteiger charge is -2.43. The van der Waals surface area contributed by atoms with Crippen LogP contribution in [0, 0.1) is 11.3 Å². The number of rotatable bonds is 3. The van der Waals surface area contributed by atoms with Crippen molar-refractivity contribution in [2.45, 2.75) is 13.8 Å². The lowest BCUT2D eigenvalue weighted by atomic mass is 9.92. The van der Waals surface area contributed by atoms with Crippen LogP contribution in [0.2, 0.25) is 0 Å². The van der Waals surface area contributed by atoms with Gasteiger partial charge in [0, 0.05) is 0 Å². The first-order chi connectivity index (χ1) is 7.45. The number of hydrogen-bond donors (Lipinski definition) is 0. The highest BCUT2D eigenvalue weighted by Gasteiger charge is 2.51. The van der Waals surface area contributed by atoms with Gasteiger partial charge in [-0.1, -0.05) is 13.8 Å². The van der Waals surface area contributed by atoms with Crippen LogP contribution < -0.4 is 0 Å². The molecule has 6 nitrogen and oxygen atoms in total. The van der Waals surface area contributed by atoms with E-state index in [9.17, 15) is 9.36 Å². The molecule has 16 heavy (non-hydrogen) atoms. The fourth-order valence-corrected chi connectivity index (χ4v) is 2.92. The number of fused-ring (bicyclic) bond motifs is 3. The van der Waals surface area contributed by atoms with Crippen LogP contribution in [0.3, 0.4) is 0 Å². The van der Waals surface area contributed by atoms with Crippen molar-refractivity contribution in [2.24, 2.45) is 11.3 Å². The van der Waals surface area contributed by atoms with Crippen LogP contribution in [0.5, 0.6) is 0 Å². The van der Waals surface area contributed by atoms with Gasteiger partial charge in [0.25, 0.3) is 0 Å². The van der Waals surface area contributed by atoms with Crippen LogP contribution in [0.15, 0.2) is 0 Å². The Morgan fingerprint density at radius 2 is 1.81 bits per heavy atom. The van der Waals surface area contributed by atoms with Crippen LogP contribution in [-0.2, 0) is 27.7 Å². The molecule has 0 aliphatic carbocycles. The summed E-state index contributed by atoms with van der Waals surface area (Å²) in [6.45, 7) is 4.43. The minimum Gasteiger partial charge on any atom is -0.465 e. The maximum Gasteiger partial charge on any atom is 0.474 e. The molecular weight excluding hydrogens is 235 g/mol. The Morgan fingerprint density at radius 1 is 1.31 bits per heavy atom. The number of ether oxygens (including phenoxy) is 1. The van der Waals surface area contributed by atoms with E-state index in [-0.39, 0.29) is 38.3 Å². The molecule has 0 saturated carbocycles. The average Bonchev–Trinajstić information content (AvgIpc) is 2.28. The largest absolute Gasteiger partial charge is 0.474 e. The molecule has 0 aromatic heterocycles. The number of carbonyl (C=O) groups is 1. The highest BCUT2D eigenvalue weighted by atomic mass is 31.2. The monoisotopic (exact) mass is 250 g/mol. The SMILES string of the molecule is CC(C)C(=O)OCC12COP(=O)(OC1)OC2. The summed E-state index contributed by atoms with van der Waals surface area (Å²) in [5.74, 6) is -0.439. The molecular formula is C9H15O6P. The fourth-order valence-electron chi connectivity index (χ4n) is 1.40. The van der Waals surface area contributed by atoms with Gasteiger partial charge in [-0.25, -0.2) is 4.57 Å². The number of phosphoric ester groups is 1. The van der Waals surface area contributed by atoms with Gasteiger partial charge in [-0.3, -0.25) is 18.4 Å². The zero-order chi connectivity index (χ0) is 11.8. The van der Waals surface area contributed by atoms with Gasteiger partial charge in [0.1, 0.15) is 6.61 Å². The van der Waals surface area contributed by atoms with Crippen molar-refractivity contribution in [3.8, 4) is 0 Å². The van der Waals surface area contributed by atoms with Crippen LogP contribution in [0.25, 0.3) is 0 Å². The molecule has 3 aliphatic heterocycles. The Kier molecular flexibility index (Phi) is 3.09. The second-order valence-corrected chi connectivity index (χ2v) is 6.20. The summed E-state index contributed by atoms with van der Waals surface area (Å²) in [5.41, 5.74) is -0.503. The lowest BCUT2D eigenvalue weighted by Crippen LogP contribution is -2.48. The minimum atomic E-state index is -3.28. The number of carbonyl (C=O) groups excluding carboxylic acids is 1. The van der Waals surface area contributed by atoms with Crippen molar-refractivity contribution in [3.63, 3.8) is 0 Å². The van der Waals surface area contributed by atoms with E-state index in [1.165, 1.54) is 0 Å². The predicted molar refractivity (Wildman–Crippen MR) is 53.7 cm³/mol. The van der Waals surface area contributed by atoms with Crippen LogP contribution in [-0.4, -0.2) is 32.4 Å². The van der Waals surface area contributed by atoms with E-state index in [0.29, 0.717) is 0 Å². The van der Waals surface area contributed by atoms with Gasteiger partial charge in [0.2, 0.25) is 0 Å². The summed E-state index contributed by atoms with van der Waals surface area (Å²) >= 11 is 0. The normalized spacial score (nSPS) is 37.7. The summed E-state index contributed by atoms with van der Waals surface area (Å²) in [6, 6.07) is 0. The molecule has 3 rings (SSSR count). The van der Waals surface area contributed by atoms with Crippen molar-refractivity contribution in [2.75, 3.05) is 26.4 Å². The summed E-state index contributed by atoms with van der Waals surface area (Å²) in [7, 11) is -3.28. The third kappa shape index (κ3) is 2.30. The van der Waals surface area contributed by atoms with Crippen molar-refractivity contribution in [3.05, 3.63) is 0 Å². The van der Waals surface area contributed by atoms with Crippen molar-refractivity contribution in [1.82, 2.24) is 0 Å². The molecule has 0 amide bonds. The second kappa shape index (κ2) is 4.11. The standard InChI is InChI=1S/C9H15O6P/c1-7(2)8(10)12-3-9-4-13-16(11,14-5-9)15-6-9/h7H,3-6H2,1-2H3. The Labute approximate surface area is 93.8 Å². The van der Waals surface area contributed by atoms with E-state index in [4.69, 9.17) is 18.3 Å². The van der Waals surface area contributed by atoms with Gasteiger partial charge in [-0.15, -0.1) is 0 Å². The maximum absolute atomic E-state index is 11.5. The van der Waals surface area contributed by atoms with Gasteiger partial charge in [0.15, 0.2) is 0 Å². The molecule has 3 heterocycles. The first kappa shape index (κ1) is 12.0. The van der Waals surface area contributed by atoms with E-state index >= 15 is 0 Å². The number of esters is 1. The van der Waals surface area contributed by atoms with E-state index in [2.05, 4.69) is 0 Å². The van der Waals surface area contributed by atoms with Crippen molar-refractivity contribution < 1.29 is 27.7 Å². The zero-order valence-electron chi connectivity index (χ0n) is 9.30. The molecule has 3 fully saturated rings. The molecule has 3 aliphatic rings. The summed E-state index contributed by atoms with van der Waals surface area (Å²) in [6.07, 6.45) is 0. The molecule has 0 atom stereocenters. The van der Waals surface area contributed by atoms with Gasteiger partial charge in [-0.2, -0.15) is 0 Å². The van der Waals surface area contributed by atoms with Crippen molar-refractivity contribution >= 4 is 13.8 Å². The Balaban J connectivity index is 1.91. The third-order valence-corrected chi connectivity index (χ3v) is 3.91. The fraction of sp³-hybridized carbons (Fsp3) is 0.889. The molecule has 0 aromatic rings. The maximum atomic E-state index is 11.5. The Bertz CT molecular complexity index is 308. The second-order valence-electron chi connectivity index (χ2n) is 4.53. The van der Waals surface area contributed by atoms with Crippen LogP contribution >= 0.6 is 7.82 Å². The number of hydrogen-bond acceptors (Lipinski definition) is 6. The van der Waals surface area contributed by atoms with E-state index in [1.807, 2.05) is 0 Å². The highest BCUT2D eigenvalue weighted by Crippen LogP contribution is 2.59. The van der Waals surface area contributed by atoms with E-state index < -0.39 is 13.2 Å². The van der Waals surface area contributed by atoms with Crippen molar-refractivity contribution in [1.29, 1.82) is 0 Å². The van der Waals surface area contributed by atoms with Crippen LogP contribution in [0.4, 0.5) is 0 Å². The zero-order valence-corrected chi connectivity index (χ0v) is 10.2. The highest BCUT2D eigenvalue weighted by molar-refractivity contribution is 7.48.